The van der Waals surface area contributed by atoms with Gasteiger partial charge in [-0.05, 0) is 17.7 Å². The molecule has 0 aliphatic rings. The van der Waals surface area contributed by atoms with Gasteiger partial charge in [0, 0.05) is 0 Å². The highest BCUT2D eigenvalue weighted by Crippen LogP contribution is 2.31. The Balaban J connectivity index is 2.31. The van der Waals surface area contributed by atoms with Crippen molar-refractivity contribution in [1.82, 2.24) is 5.16 Å². The maximum Gasteiger partial charge on any atom is 0.416 e. The summed E-state index contributed by atoms with van der Waals surface area (Å²) in [6, 6.07) is 3.86. The van der Waals surface area contributed by atoms with Gasteiger partial charge < -0.3 is 14.4 Å². The van der Waals surface area contributed by atoms with E-state index >= 15 is 0 Å². The maximum absolute atomic E-state index is 12.5. The second-order valence-electron chi connectivity index (χ2n) is 4.13. The Hall–Kier alpha value is -2.35. The topological polar surface area (TPSA) is 72.6 Å². The van der Waals surface area contributed by atoms with Gasteiger partial charge in [-0.25, -0.2) is 4.79 Å². The van der Waals surface area contributed by atoms with Crippen LogP contribution >= 0.6 is 0 Å². The van der Waals surface area contributed by atoms with Crippen molar-refractivity contribution in [1.29, 1.82) is 0 Å². The molecule has 0 bridgehead atoms. The third kappa shape index (κ3) is 3.05. The van der Waals surface area contributed by atoms with Crippen molar-refractivity contribution in [3.05, 3.63) is 52.9 Å². The number of aromatic nitrogens is 1. The highest BCUT2D eigenvalue weighted by molar-refractivity contribution is 5.90. The zero-order valence-electron chi connectivity index (χ0n) is 10.7. The first-order chi connectivity index (χ1) is 9.84. The lowest BCUT2D eigenvalue weighted by Gasteiger charge is -2.11. The Labute approximate surface area is 116 Å². The predicted octanol–water partition coefficient (Wildman–Crippen LogP) is 2.56. The monoisotopic (exact) mass is 301 g/mol. The normalized spacial score (nSPS) is 13.0. The fourth-order valence-electron chi connectivity index (χ4n) is 1.72. The highest BCUT2D eigenvalue weighted by Gasteiger charge is 2.31. The summed E-state index contributed by atoms with van der Waals surface area (Å²) < 4.78 is 46.5. The van der Waals surface area contributed by atoms with Gasteiger partial charge in [0.15, 0.2) is 0 Å². The molecule has 8 heteroatoms. The molecule has 5 nitrogen and oxygen atoms in total. The van der Waals surface area contributed by atoms with Crippen molar-refractivity contribution in [2.24, 2.45) is 0 Å². The van der Waals surface area contributed by atoms with Crippen LogP contribution < -0.4 is 0 Å². The van der Waals surface area contributed by atoms with E-state index < -0.39 is 23.8 Å². The summed E-state index contributed by atoms with van der Waals surface area (Å²) in [4.78, 5) is 11.4. The fourth-order valence-corrected chi connectivity index (χ4v) is 1.72. The first-order valence-corrected chi connectivity index (χ1v) is 5.72. The minimum absolute atomic E-state index is 0.0927. The van der Waals surface area contributed by atoms with Crippen LogP contribution in [0.5, 0.6) is 0 Å². The number of rotatable bonds is 3. The van der Waals surface area contributed by atoms with Crippen molar-refractivity contribution in [2.75, 3.05) is 7.11 Å². The summed E-state index contributed by atoms with van der Waals surface area (Å²) >= 11 is 0. The number of hydrogen-bond donors (Lipinski definition) is 1. The van der Waals surface area contributed by atoms with Crippen molar-refractivity contribution in [2.45, 2.75) is 12.3 Å². The van der Waals surface area contributed by atoms with E-state index in [1.807, 2.05) is 0 Å². The minimum Gasteiger partial charge on any atom is -0.465 e. The zero-order chi connectivity index (χ0) is 15.6. The van der Waals surface area contributed by atoms with Gasteiger partial charge in [0.1, 0.15) is 23.6 Å². The standard InChI is InChI=1S/C13H10F3NO4/c1-20-12(19)9-6-21-17-10(9)11(18)7-2-4-8(5-3-7)13(14,15)16/h2-6,11,18H,1H3/t11-/m1/s1. The summed E-state index contributed by atoms with van der Waals surface area (Å²) in [6.07, 6.45) is -4.87. The Kier molecular flexibility index (Phi) is 3.99. The van der Waals surface area contributed by atoms with Crippen LogP contribution in [0.25, 0.3) is 0 Å². The molecule has 1 N–H and O–H groups in total. The number of methoxy groups -OCH3 is 1. The third-order valence-electron chi connectivity index (χ3n) is 2.82. The Morgan fingerprint density at radius 2 is 1.95 bits per heavy atom. The van der Waals surface area contributed by atoms with Gasteiger partial charge in [-0.2, -0.15) is 13.2 Å². The molecule has 0 saturated heterocycles. The van der Waals surface area contributed by atoms with Gasteiger partial charge in [0.05, 0.1) is 12.7 Å². The van der Waals surface area contributed by atoms with Crippen LogP contribution in [-0.2, 0) is 10.9 Å². The molecule has 0 amide bonds. The molecule has 0 unspecified atom stereocenters. The predicted molar refractivity (Wildman–Crippen MR) is 63.3 cm³/mol. The summed E-state index contributed by atoms with van der Waals surface area (Å²) in [7, 11) is 1.14. The fraction of sp³-hybridized carbons (Fsp3) is 0.231. The molecule has 112 valence electrons. The summed E-state index contributed by atoms with van der Waals surface area (Å²) in [5.74, 6) is -0.766. The molecule has 21 heavy (non-hydrogen) atoms. The van der Waals surface area contributed by atoms with Crippen LogP contribution in [0.3, 0.4) is 0 Å². The van der Waals surface area contributed by atoms with E-state index in [0.29, 0.717) is 0 Å². The molecule has 0 spiro atoms. The van der Waals surface area contributed by atoms with Gasteiger partial charge >= 0.3 is 12.1 Å². The molecule has 1 aromatic heterocycles. The van der Waals surface area contributed by atoms with Crippen molar-refractivity contribution in [3.8, 4) is 0 Å². The van der Waals surface area contributed by atoms with E-state index in [9.17, 15) is 23.1 Å². The van der Waals surface area contributed by atoms with E-state index in [4.69, 9.17) is 0 Å². The Morgan fingerprint density at radius 3 is 2.48 bits per heavy atom. The lowest BCUT2D eigenvalue weighted by Crippen LogP contribution is -2.10. The zero-order valence-corrected chi connectivity index (χ0v) is 10.7. The average Bonchev–Trinajstić information content (AvgIpc) is 2.94. The lowest BCUT2D eigenvalue weighted by atomic mass is 10.0. The molecular weight excluding hydrogens is 291 g/mol. The molecule has 0 saturated carbocycles. The van der Waals surface area contributed by atoms with Crippen molar-refractivity contribution in [3.63, 3.8) is 0 Å². The van der Waals surface area contributed by atoms with E-state index in [-0.39, 0.29) is 16.8 Å². The van der Waals surface area contributed by atoms with Crippen LogP contribution in [0.2, 0.25) is 0 Å². The maximum atomic E-state index is 12.5. The lowest BCUT2D eigenvalue weighted by molar-refractivity contribution is -0.137. The second kappa shape index (κ2) is 5.57. The minimum atomic E-state index is -4.46. The number of ether oxygens (including phenoxy) is 1. The molecule has 0 radical (unpaired) electrons. The first kappa shape index (κ1) is 15.0. The number of aliphatic hydroxyl groups is 1. The number of alkyl halides is 3. The number of benzene rings is 1. The van der Waals surface area contributed by atoms with Crippen LogP contribution in [-0.4, -0.2) is 23.3 Å². The number of halogens is 3. The van der Waals surface area contributed by atoms with Gasteiger partial charge in [0.25, 0.3) is 0 Å². The van der Waals surface area contributed by atoms with Crippen molar-refractivity contribution >= 4 is 5.97 Å². The van der Waals surface area contributed by atoms with E-state index in [2.05, 4.69) is 14.4 Å². The smallest absolute Gasteiger partial charge is 0.416 e. The number of esters is 1. The summed E-state index contributed by atoms with van der Waals surface area (Å²) in [6.45, 7) is 0. The van der Waals surface area contributed by atoms with Gasteiger partial charge in [0.2, 0.25) is 0 Å². The van der Waals surface area contributed by atoms with E-state index in [0.717, 1.165) is 37.6 Å². The molecule has 0 fully saturated rings. The van der Waals surface area contributed by atoms with Crippen LogP contribution in [0.4, 0.5) is 13.2 Å². The van der Waals surface area contributed by atoms with Gasteiger partial charge in [-0.1, -0.05) is 17.3 Å². The Bertz CT molecular complexity index is 634. The molecule has 1 aromatic carbocycles. The molecule has 0 aliphatic heterocycles. The van der Waals surface area contributed by atoms with Crippen LogP contribution in [0, 0.1) is 0 Å². The second-order valence-corrected chi connectivity index (χ2v) is 4.13. The van der Waals surface area contributed by atoms with E-state index in [1.165, 1.54) is 0 Å². The molecule has 2 rings (SSSR count). The highest BCUT2D eigenvalue weighted by atomic mass is 19.4. The molecule has 1 atom stereocenters. The van der Waals surface area contributed by atoms with Crippen LogP contribution in [0.15, 0.2) is 35.1 Å². The summed E-state index contributed by atoms with van der Waals surface area (Å²) in [5, 5.41) is 13.6. The van der Waals surface area contributed by atoms with E-state index in [1.54, 1.807) is 0 Å². The van der Waals surface area contributed by atoms with Gasteiger partial charge in [-0.3, -0.25) is 0 Å². The van der Waals surface area contributed by atoms with Crippen LogP contribution in [0.1, 0.15) is 33.3 Å². The third-order valence-corrected chi connectivity index (χ3v) is 2.82. The number of hydrogen-bond acceptors (Lipinski definition) is 5. The molecule has 1 heterocycles. The molecule has 2 aromatic rings. The first-order valence-electron chi connectivity index (χ1n) is 5.72. The molecule has 0 aliphatic carbocycles. The number of nitrogens with zero attached hydrogens (tertiary/aromatic N) is 1. The molecular formula is C13H10F3NO4. The summed E-state index contributed by atoms with van der Waals surface area (Å²) in [5.41, 5.74) is -0.916. The largest absolute Gasteiger partial charge is 0.465 e. The number of aliphatic hydroxyl groups excluding tert-OH is 1. The quantitative estimate of drug-likeness (QED) is 0.882. The Morgan fingerprint density at radius 1 is 1.33 bits per heavy atom. The average molecular weight is 301 g/mol. The number of carbonyl (C=O) groups is 1. The van der Waals surface area contributed by atoms with Crippen molar-refractivity contribution < 1.29 is 32.3 Å². The SMILES string of the molecule is COC(=O)c1conc1[C@H](O)c1ccc(C(F)(F)F)cc1. The van der Waals surface area contributed by atoms with Gasteiger partial charge in [-0.15, -0.1) is 0 Å². The number of carbonyl (C=O) groups excluding carboxylic acids is 1.